The van der Waals surface area contributed by atoms with Crippen LogP contribution >= 0.6 is 22.9 Å². The average Bonchev–Trinajstić information content (AvgIpc) is 3.48. The van der Waals surface area contributed by atoms with Crippen molar-refractivity contribution in [2.24, 2.45) is 0 Å². The number of carbonyl (C=O) groups is 3. The van der Waals surface area contributed by atoms with E-state index in [0.717, 1.165) is 6.07 Å². The summed E-state index contributed by atoms with van der Waals surface area (Å²) in [6, 6.07) is 17.5. The summed E-state index contributed by atoms with van der Waals surface area (Å²) in [6.45, 7) is 0. The van der Waals surface area contributed by atoms with Gasteiger partial charge in [0, 0.05) is 22.2 Å². The molecule has 1 aliphatic heterocycles. The van der Waals surface area contributed by atoms with Crippen molar-refractivity contribution in [3.8, 4) is 11.3 Å². The lowest BCUT2D eigenvalue weighted by Gasteiger charge is -2.21. The third-order valence-electron chi connectivity index (χ3n) is 5.62. The monoisotopic (exact) mass is 564 g/mol. The van der Waals surface area contributed by atoms with Crippen LogP contribution in [0.1, 0.15) is 10.4 Å². The SMILES string of the molecule is O=C(Nc1nc(-c2cccc(N([O-])O)c2)cs1)c1ccc(NC2=C(Cl)C(=O)N(c3ccccc3F)C2=O)cc1. The minimum Gasteiger partial charge on any atom is -0.733 e. The predicted octanol–water partition coefficient (Wildman–Crippen LogP) is 5.33. The normalized spacial score (nSPS) is 13.2. The van der Waals surface area contributed by atoms with Crippen LogP contribution < -0.4 is 20.8 Å². The van der Waals surface area contributed by atoms with E-state index < -0.39 is 28.6 Å². The van der Waals surface area contributed by atoms with Gasteiger partial charge in [-0.1, -0.05) is 35.9 Å². The van der Waals surface area contributed by atoms with Crippen LogP contribution in [0.15, 0.2) is 88.9 Å². The van der Waals surface area contributed by atoms with Crippen LogP contribution in [-0.2, 0) is 9.59 Å². The van der Waals surface area contributed by atoms with E-state index in [9.17, 15) is 24.0 Å². The Balaban J connectivity index is 1.26. The van der Waals surface area contributed by atoms with Gasteiger partial charge in [0.1, 0.15) is 16.5 Å². The van der Waals surface area contributed by atoms with Gasteiger partial charge in [0.15, 0.2) is 5.13 Å². The number of rotatable bonds is 7. The van der Waals surface area contributed by atoms with Gasteiger partial charge in [-0.05, 0) is 48.5 Å². The second-order valence-corrected chi connectivity index (χ2v) is 9.34. The van der Waals surface area contributed by atoms with Crippen LogP contribution in [0, 0.1) is 11.0 Å². The van der Waals surface area contributed by atoms with E-state index in [1.54, 1.807) is 17.5 Å². The molecule has 3 aromatic carbocycles. The van der Waals surface area contributed by atoms with Crippen molar-refractivity contribution in [3.63, 3.8) is 0 Å². The van der Waals surface area contributed by atoms with E-state index in [1.165, 1.54) is 65.9 Å². The zero-order valence-corrected chi connectivity index (χ0v) is 21.2. The maximum atomic E-state index is 14.2. The third-order valence-corrected chi connectivity index (χ3v) is 6.73. The Kier molecular flexibility index (Phi) is 7.09. The highest BCUT2D eigenvalue weighted by atomic mass is 35.5. The molecule has 0 fully saturated rings. The summed E-state index contributed by atoms with van der Waals surface area (Å²) in [7, 11) is 0. The number of imide groups is 1. The van der Waals surface area contributed by atoms with E-state index in [2.05, 4.69) is 15.6 Å². The number of carbonyl (C=O) groups excluding carboxylic acids is 3. The number of aromatic nitrogens is 1. The van der Waals surface area contributed by atoms with Gasteiger partial charge in [0.05, 0.1) is 17.1 Å². The number of nitrogens with one attached hydrogen (secondary N) is 2. The fraction of sp³-hybridized carbons (Fsp3) is 0. The molecule has 0 atom stereocenters. The molecule has 1 aliphatic rings. The number of amides is 3. The Labute approximate surface area is 229 Å². The first-order valence-corrected chi connectivity index (χ1v) is 12.4. The van der Waals surface area contributed by atoms with Crippen LogP contribution in [0.2, 0.25) is 0 Å². The topological polar surface area (TPSA) is 138 Å². The number of hydrogen-bond donors (Lipinski definition) is 3. The van der Waals surface area contributed by atoms with E-state index in [0.29, 0.717) is 27.0 Å². The highest BCUT2D eigenvalue weighted by molar-refractivity contribution is 7.14. The Morgan fingerprint density at radius 1 is 1.05 bits per heavy atom. The van der Waals surface area contributed by atoms with Crippen molar-refractivity contribution in [2.45, 2.75) is 0 Å². The van der Waals surface area contributed by atoms with E-state index in [-0.39, 0.29) is 27.9 Å². The second kappa shape index (κ2) is 10.6. The molecule has 13 heteroatoms. The number of halogens is 2. The smallest absolute Gasteiger partial charge is 0.283 e. The largest absolute Gasteiger partial charge is 0.733 e. The summed E-state index contributed by atoms with van der Waals surface area (Å²) in [5.41, 5.74) is 1.34. The summed E-state index contributed by atoms with van der Waals surface area (Å²) in [5, 5.41) is 27.0. The molecule has 0 aliphatic carbocycles. The van der Waals surface area contributed by atoms with E-state index in [1.807, 2.05) is 0 Å². The van der Waals surface area contributed by atoms with Gasteiger partial charge < -0.3 is 15.8 Å². The van der Waals surface area contributed by atoms with Crippen LogP contribution in [-0.4, -0.2) is 27.9 Å². The molecule has 2 heterocycles. The molecule has 0 saturated heterocycles. The highest BCUT2D eigenvalue weighted by Crippen LogP contribution is 2.32. The quantitative estimate of drug-likeness (QED) is 0.202. The second-order valence-electron chi connectivity index (χ2n) is 8.10. The maximum Gasteiger partial charge on any atom is 0.283 e. The lowest BCUT2D eigenvalue weighted by atomic mass is 10.1. The van der Waals surface area contributed by atoms with Crippen molar-refractivity contribution >= 4 is 62.9 Å². The molecule has 0 spiro atoms. The summed E-state index contributed by atoms with van der Waals surface area (Å²) < 4.78 is 14.2. The Morgan fingerprint density at radius 3 is 2.51 bits per heavy atom. The summed E-state index contributed by atoms with van der Waals surface area (Å²) in [4.78, 5) is 43.1. The molecule has 0 bridgehead atoms. The Bertz CT molecular complexity index is 1640. The van der Waals surface area contributed by atoms with E-state index in [4.69, 9.17) is 16.8 Å². The molecule has 0 saturated carbocycles. The Hall–Kier alpha value is -4.62. The van der Waals surface area contributed by atoms with Crippen LogP contribution in [0.3, 0.4) is 0 Å². The number of nitrogens with zero attached hydrogens (tertiary/aromatic N) is 3. The maximum absolute atomic E-state index is 14.2. The minimum absolute atomic E-state index is 0.0421. The summed E-state index contributed by atoms with van der Waals surface area (Å²) in [5.74, 6) is -2.88. The lowest BCUT2D eigenvalue weighted by Crippen LogP contribution is -2.33. The Morgan fingerprint density at radius 2 is 1.79 bits per heavy atom. The van der Waals surface area contributed by atoms with Gasteiger partial charge in [-0.25, -0.2) is 14.3 Å². The molecule has 3 amide bonds. The molecular weight excluding hydrogens is 549 g/mol. The van der Waals surface area contributed by atoms with Gasteiger partial charge in [-0.2, -0.15) is 0 Å². The van der Waals surface area contributed by atoms with Crippen LogP contribution in [0.4, 0.5) is 26.6 Å². The molecule has 39 heavy (non-hydrogen) atoms. The van der Waals surface area contributed by atoms with Gasteiger partial charge in [0.25, 0.3) is 17.7 Å². The molecule has 0 radical (unpaired) electrons. The third kappa shape index (κ3) is 5.22. The average molecular weight is 565 g/mol. The molecular formula is C26H16ClFN5O5S-. The van der Waals surface area contributed by atoms with Gasteiger partial charge in [0.2, 0.25) is 0 Å². The molecule has 4 aromatic rings. The first kappa shape index (κ1) is 26.0. The van der Waals surface area contributed by atoms with Crippen LogP contribution in [0.25, 0.3) is 11.3 Å². The van der Waals surface area contributed by atoms with Gasteiger partial charge >= 0.3 is 0 Å². The van der Waals surface area contributed by atoms with Gasteiger partial charge in [-0.3, -0.25) is 24.9 Å². The van der Waals surface area contributed by atoms with E-state index >= 15 is 0 Å². The molecule has 3 N–H and O–H groups in total. The highest BCUT2D eigenvalue weighted by Gasteiger charge is 2.40. The summed E-state index contributed by atoms with van der Waals surface area (Å²) in [6.07, 6.45) is 0. The number of anilines is 4. The number of thiazole rings is 1. The van der Waals surface area contributed by atoms with Crippen molar-refractivity contribution in [3.05, 3.63) is 105 Å². The molecule has 5 rings (SSSR count). The zero-order valence-electron chi connectivity index (χ0n) is 19.6. The van der Waals surface area contributed by atoms with Crippen LogP contribution in [0.5, 0.6) is 0 Å². The molecule has 196 valence electrons. The van der Waals surface area contributed by atoms with Crippen molar-refractivity contribution in [1.82, 2.24) is 4.98 Å². The molecule has 0 unspecified atom stereocenters. The zero-order chi connectivity index (χ0) is 27.7. The molecule has 10 nitrogen and oxygen atoms in total. The summed E-state index contributed by atoms with van der Waals surface area (Å²) >= 11 is 7.27. The van der Waals surface area contributed by atoms with Crippen molar-refractivity contribution < 1.29 is 24.0 Å². The van der Waals surface area contributed by atoms with Gasteiger partial charge in [-0.15, -0.1) is 11.3 Å². The first-order valence-electron chi connectivity index (χ1n) is 11.2. The fourth-order valence-electron chi connectivity index (χ4n) is 3.73. The lowest BCUT2D eigenvalue weighted by molar-refractivity contribution is -0.120. The standard InChI is InChI=1S/C26H16ClFN5O5S/c27-21-22(25(36)32(24(21)35)20-7-2-1-6-18(20)28)29-16-10-8-14(9-11-16)23(34)31-26-30-19(13-39-26)15-4-3-5-17(12-15)33(37)38/h1-13,29,37H,(H,30,31,34)/q-1. The predicted molar refractivity (Wildman–Crippen MR) is 145 cm³/mol. The number of para-hydroxylation sites is 1. The minimum atomic E-state index is -0.860. The number of hydrogen-bond acceptors (Lipinski definition) is 9. The van der Waals surface area contributed by atoms with Crippen molar-refractivity contribution in [1.29, 1.82) is 0 Å². The molecule has 1 aromatic heterocycles. The first-order chi connectivity index (χ1) is 18.7. The fourth-order valence-corrected chi connectivity index (χ4v) is 4.66. The van der Waals surface area contributed by atoms with Crippen molar-refractivity contribution in [2.75, 3.05) is 20.8 Å². The number of benzene rings is 3.